The molecule has 3 heteroatoms. The number of halogens is 1. The molecule has 0 saturated carbocycles. The van der Waals surface area contributed by atoms with Crippen LogP contribution in [0.15, 0.2) is 12.1 Å². The standard InChI is InChI=1S/C17H26ClNO/c1-12(2)10-19-11-13(3)4-5-14-8-16(18)9-15-6-7-20-17(14)15/h8-9,12-13,19H,4-7,10-11H2,1-3H3. The predicted octanol–water partition coefficient (Wildman–Crippen LogP) is 4.09. The predicted molar refractivity (Wildman–Crippen MR) is 85.8 cm³/mol. The van der Waals surface area contributed by atoms with Gasteiger partial charge in [-0.1, -0.05) is 32.4 Å². The van der Waals surface area contributed by atoms with Crippen molar-refractivity contribution in [1.82, 2.24) is 5.32 Å². The van der Waals surface area contributed by atoms with E-state index in [1.54, 1.807) is 0 Å². The van der Waals surface area contributed by atoms with Crippen LogP contribution in [0.4, 0.5) is 0 Å². The van der Waals surface area contributed by atoms with E-state index in [4.69, 9.17) is 16.3 Å². The molecule has 0 fully saturated rings. The lowest BCUT2D eigenvalue weighted by Crippen LogP contribution is -2.25. The van der Waals surface area contributed by atoms with Crippen LogP contribution >= 0.6 is 11.6 Å². The van der Waals surface area contributed by atoms with Crippen LogP contribution in [0.25, 0.3) is 0 Å². The van der Waals surface area contributed by atoms with Crippen molar-refractivity contribution in [1.29, 1.82) is 0 Å². The summed E-state index contributed by atoms with van der Waals surface area (Å²) < 4.78 is 5.76. The molecule has 1 heterocycles. The molecule has 1 atom stereocenters. The SMILES string of the molecule is CC(C)CNCC(C)CCc1cc(Cl)cc2c1OCC2. The first-order valence-electron chi connectivity index (χ1n) is 7.71. The fraction of sp³-hybridized carbons (Fsp3) is 0.647. The Hall–Kier alpha value is -0.730. The van der Waals surface area contributed by atoms with E-state index in [1.807, 2.05) is 6.07 Å². The monoisotopic (exact) mass is 295 g/mol. The van der Waals surface area contributed by atoms with Crippen LogP contribution in [0.1, 0.15) is 38.3 Å². The van der Waals surface area contributed by atoms with Crippen LogP contribution in [0.2, 0.25) is 5.02 Å². The van der Waals surface area contributed by atoms with Gasteiger partial charge in [0, 0.05) is 11.4 Å². The number of benzene rings is 1. The molecular formula is C17H26ClNO. The smallest absolute Gasteiger partial charge is 0.125 e. The molecule has 1 N–H and O–H groups in total. The van der Waals surface area contributed by atoms with E-state index in [1.165, 1.54) is 17.5 Å². The Bertz CT molecular complexity index is 445. The molecule has 1 aromatic rings. The first kappa shape index (κ1) is 15.7. The van der Waals surface area contributed by atoms with Gasteiger partial charge in [0.1, 0.15) is 5.75 Å². The van der Waals surface area contributed by atoms with Gasteiger partial charge >= 0.3 is 0 Å². The summed E-state index contributed by atoms with van der Waals surface area (Å²) in [5, 5.41) is 4.37. The fourth-order valence-electron chi connectivity index (χ4n) is 2.65. The molecule has 2 rings (SSSR count). The van der Waals surface area contributed by atoms with Crippen molar-refractivity contribution >= 4 is 11.6 Å². The number of ether oxygens (including phenoxy) is 1. The second-order valence-corrected chi connectivity index (χ2v) is 6.78. The molecule has 0 aliphatic carbocycles. The zero-order chi connectivity index (χ0) is 14.5. The molecule has 20 heavy (non-hydrogen) atoms. The second-order valence-electron chi connectivity index (χ2n) is 6.35. The number of rotatable bonds is 7. The number of fused-ring (bicyclic) bond motifs is 1. The van der Waals surface area contributed by atoms with E-state index >= 15 is 0 Å². The van der Waals surface area contributed by atoms with Crippen LogP contribution in [0.3, 0.4) is 0 Å². The number of aryl methyl sites for hydroxylation is 1. The maximum Gasteiger partial charge on any atom is 0.125 e. The van der Waals surface area contributed by atoms with Crippen molar-refractivity contribution in [3.05, 3.63) is 28.3 Å². The number of hydrogen-bond acceptors (Lipinski definition) is 2. The van der Waals surface area contributed by atoms with Crippen LogP contribution in [0, 0.1) is 11.8 Å². The molecule has 0 saturated heterocycles. The molecule has 0 radical (unpaired) electrons. The largest absolute Gasteiger partial charge is 0.493 e. The summed E-state index contributed by atoms with van der Waals surface area (Å²) in [6.07, 6.45) is 3.21. The normalized spacial score (nSPS) is 15.2. The first-order chi connectivity index (χ1) is 9.56. The van der Waals surface area contributed by atoms with Crippen molar-refractivity contribution in [3.8, 4) is 5.75 Å². The third-order valence-electron chi connectivity index (χ3n) is 3.78. The highest BCUT2D eigenvalue weighted by molar-refractivity contribution is 6.30. The highest BCUT2D eigenvalue weighted by Crippen LogP contribution is 2.33. The van der Waals surface area contributed by atoms with Crippen LogP contribution in [0.5, 0.6) is 5.75 Å². The van der Waals surface area contributed by atoms with Crippen LogP contribution in [-0.4, -0.2) is 19.7 Å². The van der Waals surface area contributed by atoms with Crippen molar-refractivity contribution in [2.75, 3.05) is 19.7 Å². The van der Waals surface area contributed by atoms with Gasteiger partial charge in [0.15, 0.2) is 0 Å². The van der Waals surface area contributed by atoms with Crippen LogP contribution in [-0.2, 0) is 12.8 Å². The molecule has 1 unspecified atom stereocenters. The van der Waals surface area contributed by atoms with E-state index in [0.29, 0.717) is 11.8 Å². The Morgan fingerprint density at radius 2 is 2.05 bits per heavy atom. The summed E-state index contributed by atoms with van der Waals surface area (Å²) in [6.45, 7) is 9.77. The number of hydrogen-bond donors (Lipinski definition) is 1. The fourth-order valence-corrected chi connectivity index (χ4v) is 2.92. The Morgan fingerprint density at radius 1 is 1.25 bits per heavy atom. The van der Waals surface area contributed by atoms with Gasteiger partial charge in [0.2, 0.25) is 0 Å². The van der Waals surface area contributed by atoms with Crippen molar-refractivity contribution in [2.24, 2.45) is 11.8 Å². The average Bonchev–Trinajstić information content (AvgIpc) is 2.83. The Balaban J connectivity index is 1.85. The van der Waals surface area contributed by atoms with Gasteiger partial charge in [-0.2, -0.15) is 0 Å². The molecular weight excluding hydrogens is 270 g/mol. The molecule has 0 bridgehead atoms. The molecule has 2 nitrogen and oxygen atoms in total. The van der Waals surface area contributed by atoms with Crippen LogP contribution < -0.4 is 10.1 Å². The van der Waals surface area contributed by atoms with E-state index in [9.17, 15) is 0 Å². The minimum atomic E-state index is 0.671. The third-order valence-corrected chi connectivity index (χ3v) is 4.00. The van der Waals surface area contributed by atoms with E-state index in [-0.39, 0.29) is 0 Å². The summed E-state index contributed by atoms with van der Waals surface area (Å²) in [5.74, 6) is 2.48. The summed E-state index contributed by atoms with van der Waals surface area (Å²) >= 11 is 6.19. The molecule has 1 aliphatic heterocycles. The van der Waals surface area contributed by atoms with Crippen molar-refractivity contribution in [2.45, 2.75) is 40.0 Å². The van der Waals surface area contributed by atoms with Gasteiger partial charge < -0.3 is 10.1 Å². The Labute approximate surface area is 127 Å². The molecule has 0 spiro atoms. The average molecular weight is 296 g/mol. The van der Waals surface area contributed by atoms with Gasteiger partial charge in [-0.05, 0) is 61.0 Å². The maximum atomic E-state index is 6.19. The van der Waals surface area contributed by atoms with Gasteiger partial charge in [0.25, 0.3) is 0 Å². The second kappa shape index (κ2) is 7.33. The minimum absolute atomic E-state index is 0.671. The lowest BCUT2D eigenvalue weighted by molar-refractivity contribution is 0.352. The Kier molecular flexibility index (Phi) is 5.74. The minimum Gasteiger partial charge on any atom is -0.493 e. The first-order valence-corrected chi connectivity index (χ1v) is 8.09. The zero-order valence-electron chi connectivity index (χ0n) is 12.8. The van der Waals surface area contributed by atoms with Crippen molar-refractivity contribution < 1.29 is 4.74 Å². The molecule has 1 aliphatic rings. The lowest BCUT2D eigenvalue weighted by atomic mass is 9.98. The molecule has 112 valence electrons. The number of nitrogens with one attached hydrogen (secondary N) is 1. The third kappa shape index (κ3) is 4.39. The zero-order valence-corrected chi connectivity index (χ0v) is 13.6. The van der Waals surface area contributed by atoms with E-state index in [0.717, 1.165) is 43.3 Å². The summed E-state index contributed by atoms with van der Waals surface area (Å²) in [4.78, 5) is 0. The van der Waals surface area contributed by atoms with Crippen molar-refractivity contribution in [3.63, 3.8) is 0 Å². The van der Waals surface area contributed by atoms with Gasteiger partial charge in [0.05, 0.1) is 6.61 Å². The highest BCUT2D eigenvalue weighted by Gasteiger charge is 2.17. The van der Waals surface area contributed by atoms with Gasteiger partial charge in [-0.3, -0.25) is 0 Å². The molecule has 0 aromatic heterocycles. The summed E-state index contributed by atoms with van der Waals surface area (Å²) in [6, 6.07) is 4.11. The van der Waals surface area contributed by atoms with Gasteiger partial charge in [-0.25, -0.2) is 0 Å². The molecule has 0 amide bonds. The lowest BCUT2D eigenvalue weighted by Gasteiger charge is -2.15. The highest BCUT2D eigenvalue weighted by atomic mass is 35.5. The topological polar surface area (TPSA) is 21.3 Å². The van der Waals surface area contributed by atoms with Gasteiger partial charge in [-0.15, -0.1) is 0 Å². The van der Waals surface area contributed by atoms with E-state index < -0.39 is 0 Å². The summed E-state index contributed by atoms with van der Waals surface area (Å²) in [7, 11) is 0. The quantitative estimate of drug-likeness (QED) is 0.818. The van der Waals surface area contributed by atoms with E-state index in [2.05, 4.69) is 32.2 Å². The Morgan fingerprint density at radius 3 is 2.80 bits per heavy atom. The summed E-state index contributed by atoms with van der Waals surface area (Å²) in [5.41, 5.74) is 2.55. The maximum absolute atomic E-state index is 6.19. The molecule has 1 aromatic carbocycles.